The van der Waals surface area contributed by atoms with E-state index in [1.165, 1.54) is 19.1 Å². The van der Waals surface area contributed by atoms with Crippen molar-refractivity contribution in [3.8, 4) is 5.75 Å². The summed E-state index contributed by atoms with van der Waals surface area (Å²) in [5, 5.41) is 2.33. The van der Waals surface area contributed by atoms with E-state index in [1.807, 2.05) is 0 Å². The van der Waals surface area contributed by atoms with Gasteiger partial charge in [-0.15, -0.1) is 0 Å². The topological polar surface area (TPSA) is 84.7 Å². The van der Waals surface area contributed by atoms with Crippen molar-refractivity contribution in [2.75, 3.05) is 25.6 Å². The monoisotopic (exact) mass is 281 g/mol. The Kier molecular flexibility index (Phi) is 5.25. The number of nitrogens with zero attached hydrogens (tertiary/aromatic N) is 1. The van der Waals surface area contributed by atoms with Crippen molar-refractivity contribution in [3.05, 3.63) is 24.3 Å². The molecule has 0 fully saturated rings. The number of methoxy groups -OCH3 is 1. The van der Waals surface area contributed by atoms with Crippen molar-refractivity contribution in [2.45, 2.75) is 0 Å². The summed E-state index contributed by atoms with van der Waals surface area (Å²) in [6.07, 6.45) is 0. The number of benzene rings is 1. The van der Waals surface area contributed by atoms with E-state index in [0.29, 0.717) is 11.4 Å². The standard InChI is InChI=1S/C12H15N3O3S/c1-15(8-4-3-5-9(6-8)18-2)12(17)11(16)14-7-10(13)19/h3-6H,7H2,1-2H3,(H2,13,19)(H,14,16). The van der Waals surface area contributed by atoms with Crippen molar-refractivity contribution < 1.29 is 14.3 Å². The summed E-state index contributed by atoms with van der Waals surface area (Å²) in [6.45, 7) is -0.00808. The highest BCUT2D eigenvalue weighted by atomic mass is 32.1. The summed E-state index contributed by atoms with van der Waals surface area (Å²) >= 11 is 4.61. The summed E-state index contributed by atoms with van der Waals surface area (Å²) in [4.78, 5) is 24.7. The highest BCUT2D eigenvalue weighted by Gasteiger charge is 2.19. The third-order valence-electron chi connectivity index (χ3n) is 2.36. The maximum absolute atomic E-state index is 11.8. The van der Waals surface area contributed by atoms with Gasteiger partial charge in [0.1, 0.15) is 5.75 Å². The van der Waals surface area contributed by atoms with Crippen molar-refractivity contribution in [2.24, 2.45) is 5.73 Å². The Labute approximate surface area is 116 Å². The molecule has 0 unspecified atom stereocenters. The van der Waals surface area contributed by atoms with Gasteiger partial charge in [-0.1, -0.05) is 18.3 Å². The summed E-state index contributed by atoms with van der Waals surface area (Å²) < 4.78 is 5.05. The molecule has 1 aromatic rings. The number of nitrogens with two attached hydrogens (primary N) is 1. The first-order valence-electron chi connectivity index (χ1n) is 5.44. The summed E-state index contributed by atoms with van der Waals surface area (Å²) in [7, 11) is 3.02. The number of nitrogens with one attached hydrogen (secondary N) is 1. The molecule has 0 spiro atoms. The minimum Gasteiger partial charge on any atom is -0.497 e. The lowest BCUT2D eigenvalue weighted by molar-refractivity contribution is -0.137. The average molecular weight is 281 g/mol. The predicted molar refractivity (Wildman–Crippen MR) is 76.2 cm³/mol. The highest BCUT2D eigenvalue weighted by molar-refractivity contribution is 7.80. The molecule has 0 aliphatic heterocycles. The number of hydrogen-bond donors (Lipinski definition) is 2. The lowest BCUT2D eigenvalue weighted by Gasteiger charge is -2.17. The van der Waals surface area contributed by atoms with Gasteiger partial charge >= 0.3 is 11.8 Å². The van der Waals surface area contributed by atoms with Crippen LogP contribution in [0.5, 0.6) is 5.75 Å². The van der Waals surface area contributed by atoms with Crippen LogP contribution in [-0.4, -0.2) is 37.5 Å². The van der Waals surface area contributed by atoms with Crippen molar-refractivity contribution in [1.82, 2.24) is 5.32 Å². The van der Waals surface area contributed by atoms with E-state index in [9.17, 15) is 9.59 Å². The van der Waals surface area contributed by atoms with E-state index in [4.69, 9.17) is 10.5 Å². The van der Waals surface area contributed by atoms with Crippen LogP contribution in [0.15, 0.2) is 24.3 Å². The summed E-state index contributed by atoms with van der Waals surface area (Å²) in [6, 6.07) is 6.82. The molecule has 0 saturated heterocycles. The van der Waals surface area contributed by atoms with Crippen LogP contribution in [0.4, 0.5) is 5.69 Å². The van der Waals surface area contributed by atoms with Gasteiger partial charge in [0.05, 0.1) is 18.6 Å². The molecule has 6 nitrogen and oxygen atoms in total. The zero-order valence-electron chi connectivity index (χ0n) is 10.7. The molecule has 0 heterocycles. The molecule has 2 amide bonds. The Balaban J connectivity index is 2.75. The molecule has 7 heteroatoms. The van der Waals surface area contributed by atoms with E-state index in [2.05, 4.69) is 17.5 Å². The smallest absolute Gasteiger partial charge is 0.316 e. The maximum atomic E-state index is 11.8. The van der Waals surface area contributed by atoms with E-state index in [0.717, 1.165) is 0 Å². The Bertz CT molecular complexity index is 505. The Morgan fingerprint density at radius 1 is 1.47 bits per heavy atom. The lowest BCUT2D eigenvalue weighted by atomic mass is 10.2. The SMILES string of the molecule is COc1cccc(N(C)C(=O)C(=O)NCC(N)=S)c1. The number of thiocarbonyl (C=S) groups is 1. The molecule has 0 radical (unpaired) electrons. The second kappa shape index (κ2) is 6.69. The summed E-state index contributed by atoms with van der Waals surface area (Å²) in [5.74, 6) is -0.872. The Morgan fingerprint density at radius 2 is 2.16 bits per heavy atom. The fourth-order valence-corrected chi connectivity index (χ4v) is 1.40. The van der Waals surface area contributed by atoms with Gasteiger partial charge in [-0.2, -0.15) is 0 Å². The van der Waals surface area contributed by atoms with Crippen LogP contribution in [0, 0.1) is 0 Å². The van der Waals surface area contributed by atoms with Crippen LogP contribution >= 0.6 is 12.2 Å². The molecule has 1 rings (SSSR count). The van der Waals surface area contributed by atoms with Gasteiger partial charge < -0.3 is 20.7 Å². The Hall–Kier alpha value is -2.15. The Morgan fingerprint density at radius 3 is 2.74 bits per heavy atom. The van der Waals surface area contributed by atoms with Gasteiger partial charge in [-0.05, 0) is 12.1 Å². The second-order valence-corrected chi connectivity index (χ2v) is 4.24. The lowest BCUT2D eigenvalue weighted by Crippen LogP contribution is -2.43. The molecule has 0 aromatic heterocycles. The molecule has 0 bridgehead atoms. The molecule has 0 aliphatic rings. The van der Waals surface area contributed by atoms with Crippen molar-refractivity contribution in [1.29, 1.82) is 0 Å². The van der Waals surface area contributed by atoms with Gasteiger partial charge in [0.25, 0.3) is 0 Å². The van der Waals surface area contributed by atoms with Gasteiger partial charge in [-0.3, -0.25) is 9.59 Å². The molecule has 3 N–H and O–H groups in total. The number of likely N-dealkylation sites (N-methyl/N-ethyl adjacent to an activating group) is 1. The van der Waals surface area contributed by atoms with Gasteiger partial charge in [0, 0.05) is 18.8 Å². The zero-order valence-corrected chi connectivity index (χ0v) is 11.5. The van der Waals surface area contributed by atoms with Crippen molar-refractivity contribution >= 4 is 34.7 Å². The van der Waals surface area contributed by atoms with Crippen LogP contribution in [0.2, 0.25) is 0 Å². The van der Waals surface area contributed by atoms with E-state index >= 15 is 0 Å². The van der Waals surface area contributed by atoms with Crippen LogP contribution in [0.3, 0.4) is 0 Å². The fraction of sp³-hybridized carbons (Fsp3) is 0.250. The molecular weight excluding hydrogens is 266 g/mol. The normalized spacial score (nSPS) is 9.58. The molecule has 1 aromatic carbocycles. The first-order valence-corrected chi connectivity index (χ1v) is 5.84. The first-order chi connectivity index (χ1) is 8.95. The van der Waals surface area contributed by atoms with Gasteiger partial charge in [0.15, 0.2) is 0 Å². The molecular formula is C12H15N3O3S. The molecule has 0 aliphatic carbocycles. The molecule has 0 saturated carbocycles. The highest BCUT2D eigenvalue weighted by Crippen LogP contribution is 2.19. The largest absolute Gasteiger partial charge is 0.497 e. The van der Waals surface area contributed by atoms with E-state index in [1.54, 1.807) is 24.3 Å². The predicted octanol–water partition coefficient (Wildman–Crippen LogP) is 0.0603. The molecule has 0 atom stereocenters. The molecule has 102 valence electrons. The number of ether oxygens (including phenoxy) is 1. The zero-order chi connectivity index (χ0) is 14.4. The number of carbonyl (C=O) groups excluding carboxylic acids is 2. The minimum atomic E-state index is -0.766. The number of hydrogen-bond acceptors (Lipinski definition) is 4. The van der Waals surface area contributed by atoms with Crippen LogP contribution in [0.1, 0.15) is 0 Å². The van der Waals surface area contributed by atoms with Crippen LogP contribution in [0.25, 0.3) is 0 Å². The fourth-order valence-electron chi connectivity index (χ4n) is 1.33. The number of rotatable bonds is 4. The molecule has 19 heavy (non-hydrogen) atoms. The van der Waals surface area contributed by atoms with Crippen LogP contribution in [-0.2, 0) is 9.59 Å². The number of anilines is 1. The number of amides is 2. The summed E-state index contributed by atoms with van der Waals surface area (Å²) in [5.41, 5.74) is 5.79. The van der Waals surface area contributed by atoms with Crippen LogP contribution < -0.4 is 20.7 Å². The van der Waals surface area contributed by atoms with Crippen molar-refractivity contribution in [3.63, 3.8) is 0 Å². The first kappa shape index (κ1) is 14.9. The minimum absolute atomic E-state index is 0.00808. The average Bonchev–Trinajstić information content (AvgIpc) is 2.43. The van der Waals surface area contributed by atoms with Gasteiger partial charge in [-0.25, -0.2) is 0 Å². The quantitative estimate of drug-likeness (QED) is 0.602. The third kappa shape index (κ3) is 4.22. The third-order valence-corrected chi connectivity index (χ3v) is 2.51. The van der Waals surface area contributed by atoms with Gasteiger partial charge in [0.2, 0.25) is 0 Å². The van der Waals surface area contributed by atoms with E-state index < -0.39 is 11.8 Å². The second-order valence-electron chi connectivity index (χ2n) is 3.71. The number of carbonyl (C=O) groups is 2. The maximum Gasteiger partial charge on any atom is 0.316 e. The van der Waals surface area contributed by atoms with E-state index in [-0.39, 0.29) is 11.5 Å².